The quantitative estimate of drug-likeness (QED) is 0.828. The Hall–Kier alpha value is -0.0800. The molecule has 104 valence electrons. The Balaban J connectivity index is 1.48. The molecule has 2 aliphatic heterocycles. The van der Waals surface area contributed by atoms with E-state index in [-0.39, 0.29) is 0 Å². The summed E-state index contributed by atoms with van der Waals surface area (Å²) in [5.74, 6) is 2.07. The molecule has 3 aliphatic rings. The average molecular weight is 250 g/mol. The molecule has 0 aromatic heterocycles. The SMILES string of the molecule is C1CCC2C(C1)CCCN2CCC1CCNCC1. The Labute approximate surface area is 113 Å². The molecule has 0 aromatic rings. The van der Waals surface area contributed by atoms with Crippen LogP contribution in [0.3, 0.4) is 0 Å². The van der Waals surface area contributed by atoms with Gasteiger partial charge in [0.15, 0.2) is 0 Å². The average Bonchev–Trinajstić information content (AvgIpc) is 2.46. The number of piperidine rings is 2. The zero-order chi connectivity index (χ0) is 12.2. The highest BCUT2D eigenvalue weighted by Gasteiger charge is 2.33. The maximum Gasteiger partial charge on any atom is 0.0123 e. The first-order valence-corrected chi connectivity index (χ1v) is 8.38. The van der Waals surface area contributed by atoms with Crippen LogP contribution < -0.4 is 5.32 Å². The summed E-state index contributed by atoms with van der Waals surface area (Å²) < 4.78 is 0. The van der Waals surface area contributed by atoms with Gasteiger partial charge in [-0.25, -0.2) is 0 Å². The van der Waals surface area contributed by atoms with E-state index >= 15 is 0 Å². The highest BCUT2D eigenvalue weighted by Crippen LogP contribution is 2.35. The minimum atomic E-state index is 0.967. The van der Waals surface area contributed by atoms with Gasteiger partial charge in [-0.2, -0.15) is 0 Å². The predicted octanol–water partition coefficient (Wildman–Crippen LogP) is 3.03. The van der Waals surface area contributed by atoms with Crippen LogP contribution in [0.15, 0.2) is 0 Å². The third-order valence-electron chi connectivity index (χ3n) is 5.64. The Morgan fingerprint density at radius 3 is 2.56 bits per heavy atom. The van der Waals surface area contributed by atoms with E-state index in [1.165, 1.54) is 84.0 Å². The topological polar surface area (TPSA) is 15.3 Å². The number of hydrogen-bond donors (Lipinski definition) is 1. The molecule has 1 aliphatic carbocycles. The maximum absolute atomic E-state index is 3.48. The molecular weight excluding hydrogens is 220 g/mol. The van der Waals surface area contributed by atoms with Crippen LogP contribution in [-0.2, 0) is 0 Å². The molecule has 3 fully saturated rings. The molecule has 2 heteroatoms. The fourth-order valence-corrected chi connectivity index (χ4v) is 4.52. The minimum Gasteiger partial charge on any atom is -0.317 e. The highest BCUT2D eigenvalue weighted by atomic mass is 15.2. The van der Waals surface area contributed by atoms with Gasteiger partial charge in [-0.1, -0.05) is 12.8 Å². The number of hydrogen-bond acceptors (Lipinski definition) is 2. The lowest BCUT2D eigenvalue weighted by Crippen LogP contribution is -2.47. The molecule has 0 bridgehead atoms. The molecule has 0 amide bonds. The lowest BCUT2D eigenvalue weighted by Gasteiger charge is -2.44. The van der Waals surface area contributed by atoms with Gasteiger partial charge >= 0.3 is 0 Å². The third-order valence-corrected chi connectivity index (χ3v) is 5.64. The van der Waals surface area contributed by atoms with E-state index in [0.29, 0.717) is 0 Å². The van der Waals surface area contributed by atoms with Gasteiger partial charge in [0.2, 0.25) is 0 Å². The number of fused-ring (bicyclic) bond motifs is 1. The first-order valence-electron chi connectivity index (χ1n) is 8.38. The number of rotatable bonds is 3. The van der Waals surface area contributed by atoms with Gasteiger partial charge in [0.05, 0.1) is 0 Å². The second kappa shape index (κ2) is 6.38. The van der Waals surface area contributed by atoms with E-state index in [0.717, 1.165) is 17.9 Å². The molecule has 2 saturated heterocycles. The Bertz CT molecular complexity index is 245. The smallest absolute Gasteiger partial charge is 0.0123 e. The van der Waals surface area contributed by atoms with Crippen molar-refractivity contribution in [3.8, 4) is 0 Å². The molecular formula is C16H30N2. The molecule has 0 spiro atoms. The van der Waals surface area contributed by atoms with Crippen molar-refractivity contribution in [2.75, 3.05) is 26.2 Å². The normalized spacial score (nSPS) is 35.3. The molecule has 3 rings (SSSR count). The van der Waals surface area contributed by atoms with Crippen LogP contribution in [0.2, 0.25) is 0 Å². The summed E-state index contributed by atoms with van der Waals surface area (Å²) in [6.07, 6.45) is 13.3. The number of nitrogens with one attached hydrogen (secondary N) is 1. The third kappa shape index (κ3) is 3.08. The maximum atomic E-state index is 3.48. The van der Waals surface area contributed by atoms with Crippen LogP contribution in [0.4, 0.5) is 0 Å². The van der Waals surface area contributed by atoms with Crippen molar-refractivity contribution in [2.24, 2.45) is 11.8 Å². The lowest BCUT2D eigenvalue weighted by atomic mass is 9.78. The van der Waals surface area contributed by atoms with E-state index in [9.17, 15) is 0 Å². The summed E-state index contributed by atoms with van der Waals surface area (Å²) in [7, 11) is 0. The van der Waals surface area contributed by atoms with Crippen LogP contribution in [-0.4, -0.2) is 37.1 Å². The fourth-order valence-electron chi connectivity index (χ4n) is 4.52. The van der Waals surface area contributed by atoms with Gasteiger partial charge in [-0.3, -0.25) is 0 Å². The summed E-state index contributed by atoms with van der Waals surface area (Å²) in [4.78, 5) is 2.87. The van der Waals surface area contributed by atoms with Crippen LogP contribution in [0.25, 0.3) is 0 Å². The zero-order valence-corrected chi connectivity index (χ0v) is 11.9. The number of nitrogens with zero attached hydrogens (tertiary/aromatic N) is 1. The van der Waals surface area contributed by atoms with Crippen molar-refractivity contribution in [1.29, 1.82) is 0 Å². The minimum absolute atomic E-state index is 0.967. The largest absolute Gasteiger partial charge is 0.317 e. The van der Waals surface area contributed by atoms with Crippen LogP contribution in [0, 0.1) is 11.8 Å². The summed E-state index contributed by atoms with van der Waals surface area (Å²) in [6.45, 7) is 5.31. The molecule has 0 aromatic carbocycles. The molecule has 0 radical (unpaired) electrons. The van der Waals surface area contributed by atoms with Crippen molar-refractivity contribution in [1.82, 2.24) is 10.2 Å². The van der Waals surface area contributed by atoms with Crippen molar-refractivity contribution >= 4 is 0 Å². The van der Waals surface area contributed by atoms with E-state index < -0.39 is 0 Å². The monoisotopic (exact) mass is 250 g/mol. The van der Waals surface area contributed by atoms with E-state index in [1.807, 2.05) is 0 Å². The molecule has 2 unspecified atom stereocenters. The van der Waals surface area contributed by atoms with Crippen molar-refractivity contribution in [2.45, 2.75) is 63.8 Å². The van der Waals surface area contributed by atoms with Gasteiger partial charge in [-0.05, 0) is 83.0 Å². The molecule has 2 heterocycles. The van der Waals surface area contributed by atoms with Crippen LogP contribution in [0.5, 0.6) is 0 Å². The van der Waals surface area contributed by atoms with Gasteiger partial charge in [0.25, 0.3) is 0 Å². The second-order valence-electron chi connectivity index (χ2n) is 6.77. The number of likely N-dealkylation sites (tertiary alicyclic amines) is 1. The summed E-state index contributed by atoms with van der Waals surface area (Å²) in [5, 5.41) is 3.48. The van der Waals surface area contributed by atoms with Gasteiger partial charge in [-0.15, -0.1) is 0 Å². The van der Waals surface area contributed by atoms with Crippen LogP contribution >= 0.6 is 0 Å². The highest BCUT2D eigenvalue weighted by molar-refractivity contribution is 4.87. The standard InChI is InChI=1S/C16H30N2/c1-2-6-16-15(4-1)5-3-12-18(16)13-9-14-7-10-17-11-8-14/h14-17H,1-13H2. The summed E-state index contributed by atoms with van der Waals surface area (Å²) >= 11 is 0. The predicted molar refractivity (Wildman–Crippen MR) is 76.8 cm³/mol. The van der Waals surface area contributed by atoms with Gasteiger partial charge < -0.3 is 10.2 Å². The van der Waals surface area contributed by atoms with Gasteiger partial charge in [0, 0.05) is 6.04 Å². The zero-order valence-electron chi connectivity index (χ0n) is 11.9. The molecule has 1 saturated carbocycles. The molecule has 1 N–H and O–H groups in total. The fraction of sp³-hybridized carbons (Fsp3) is 1.00. The molecule has 2 nitrogen and oxygen atoms in total. The first kappa shape index (κ1) is 12.9. The summed E-state index contributed by atoms with van der Waals surface area (Å²) in [5.41, 5.74) is 0. The Morgan fingerprint density at radius 1 is 0.889 bits per heavy atom. The van der Waals surface area contributed by atoms with Crippen LogP contribution in [0.1, 0.15) is 57.8 Å². The molecule has 18 heavy (non-hydrogen) atoms. The Morgan fingerprint density at radius 2 is 1.67 bits per heavy atom. The van der Waals surface area contributed by atoms with E-state index in [4.69, 9.17) is 0 Å². The van der Waals surface area contributed by atoms with Gasteiger partial charge in [0.1, 0.15) is 0 Å². The van der Waals surface area contributed by atoms with E-state index in [2.05, 4.69) is 10.2 Å². The second-order valence-corrected chi connectivity index (χ2v) is 6.77. The molecule has 2 atom stereocenters. The first-order chi connectivity index (χ1) is 8.93. The van der Waals surface area contributed by atoms with Crippen molar-refractivity contribution < 1.29 is 0 Å². The van der Waals surface area contributed by atoms with E-state index in [1.54, 1.807) is 0 Å². The van der Waals surface area contributed by atoms with Crippen molar-refractivity contribution in [3.63, 3.8) is 0 Å². The summed E-state index contributed by atoms with van der Waals surface area (Å²) in [6, 6.07) is 0.967. The lowest BCUT2D eigenvalue weighted by molar-refractivity contribution is 0.0550. The Kier molecular flexibility index (Phi) is 4.58. The van der Waals surface area contributed by atoms with Crippen molar-refractivity contribution in [3.05, 3.63) is 0 Å².